The number of ether oxygens (including phenoxy) is 1. The number of thioether (sulfide) groups is 1. The molecule has 0 saturated heterocycles. The predicted molar refractivity (Wildman–Crippen MR) is 80.8 cm³/mol. The third-order valence-corrected chi connectivity index (χ3v) is 3.72. The Hall–Kier alpha value is -0.710. The van der Waals surface area contributed by atoms with Crippen LogP contribution >= 0.6 is 23.4 Å². The van der Waals surface area contributed by atoms with Crippen molar-refractivity contribution in [1.29, 1.82) is 0 Å². The molecule has 0 atom stereocenters. The Bertz CT molecular complexity index is 444. The highest BCUT2D eigenvalue weighted by molar-refractivity contribution is 8.00. The smallest absolute Gasteiger partial charge is 0.315 e. The highest BCUT2D eigenvalue weighted by Crippen LogP contribution is 2.26. The van der Waals surface area contributed by atoms with Gasteiger partial charge in [0.05, 0.1) is 12.9 Å². The topological polar surface area (TPSA) is 38.3 Å². The Kier molecular flexibility index (Phi) is 6.17. The summed E-state index contributed by atoms with van der Waals surface area (Å²) in [6.45, 7) is 7.09. The average Bonchev–Trinajstić information content (AvgIpc) is 2.33. The molecule has 1 aromatic rings. The highest BCUT2D eigenvalue weighted by atomic mass is 35.5. The highest BCUT2D eigenvalue weighted by Gasteiger charge is 2.12. The predicted octanol–water partition coefficient (Wildman–Crippen LogP) is 3.49. The van der Waals surface area contributed by atoms with E-state index in [1.807, 2.05) is 18.2 Å². The summed E-state index contributed by atoms with van der Waals surface area (Å²) < 4.78 is 4.65. The fraction of sp³-hybridized carbons (Fsp3) is 0.500. The van der Waals surface area contributed by atoms with Gasteiger partial charge in [-0.25, -0.2) is 0 Å². The zero-order valence-electron chi connectivity index (χ0n) is 11.7. The van der Waals surface area contributed by atoms with Crippen molar-refractivity contribution in [2.75, 3.05) is 12.9 Å². The van der Waals surface area contributed by atoms with Gasteiger partial charge in [-0.1, -0.05) is 17.7 Å². The van der Waals surface area contributed by atoms with Crippen molar-refractivity contribution < 1.29 is 9.53 Å². The standard InChI is InChI=1S/C14H20ClNO2S/c1-14(2,3)16-8-10-5-6-11(15)7-12(10)19-9-13(17)18-4/h5-7,16H,8-9H2,1-4H3. The van der Waals surface area contributed by atoms with Crippen molar-refractivity contribution in [2.24, 2.45) is 0 Å². The first kappa shape index (κ1) is 16.3. The van der Waals surface area contributed by atoms with Gasteiger partial charge in [0.15, 0.2) is 0 Å². The summed E-state index contributed by atoms with van der Waals surface area (Å²) in [6.07, 6.45) is 0. The fourth-order valence-corrected chi connectivity index (χ4v) is 2.53. The lowest BCUT2D eigenvalue weighted by atomic mass is 10.1. The van der Waals surface area contributed by atoms with Crippen molar-refractivity contribution in [3.05, 3.63) is 28.8 Å². The summed E-state index contributed by atoms with van der Waals surface area (Å²) in [4.78, 5) is 12.2. The first-order valence-corrected chi connectivity index (χ1v) is 7.41. The molecule has 0 fully saturated rings. The summed E-state index contributed by atoms with van der Waals surface area (Å²) in [5.74, 6) is 0.0546. The third-order valence-electron chi connectivity index (χ3n) is 2.41. The van der Waals surface area contributed by atoms with Crippen molar-refractivity contribution in [3.63, 3.8) is 0 Å². The molecule has 0 aromatic heterocycles. The number of halogens is 1. The van der Waals surface area contributed by atoms with E-state index in [1.165, 1.54) is 18.9 Å². The van der Waals surface area contributed by atoms with Gasteiger partial charge in [-0.05, 0) is 38.5 Å². The van der Waals surface area contributed by atoms with Gasteiger partial charge in [-0.3, -0.25) is 4.79 Å². The van der Waals surface area contributed by atoms with Crippen LogP contribution in [-0.2, 0) is 16.1 Å². The first-order chi connectivity index (χ1) is 8.81. The van der Waals surface area contributed by atoms with E-state index < -0.39 is 0 Å². The molecule has 0 aliphatic rings. The SMILES string of the molecule is COC(=O)CSc1cc(Cl)ccc1CNC(C)(C)C. The maximum atomic E-state index is 11.2. The number of nitrogens with one attached hydrogen (secondary N) is 1. The van der Waals surface area contributed by atoms with E-state index in [2.05, 4.69) is 30.8 Å². The van der Waals surface area contributed by atoms with Crippen LogP contribution in [0.4, 0.5) is 0 Å². The zero-order chi connectivity index (χ0) is 14.5. The van der Waals surface area contributed by atoms with Crippen LogP contribution in [0.1, 0.15) is 26.3 Å². The van der Waals surface area contributed by atoms with Crippen LogP contribution in [0.5, 0.6) is 0 Å². The molecular formula is C14H20ClNO2S. The molecule has 5 heteroatoms. The summed E-state index contributed by atoms with van der Waals surface area (Å²) in [6, 6.07) is 5.74. The van der Waals surface area contributed by atoms with E-state index in [9.17, 15) is 4.79 Å². The zero-order valence-corrected chi connectivity index (χ0v) is 13.3. The minimum atomic E-state index is -0.236. The Morgan fingerprint density at radius 2 is 2.11 bits per heavy atom. The number of hydrogen-bond donors (Lipinski definition) is 1. The number of carbonyl (C=O) groups is 1. The second kappa shape index (κ2) is 7.17. The molecule has 0 radical (unpaired) electrons. The molecule has 0 unspecified atom stereocenters. The second-order valence-corrected chi connectivity index (χ2v) is 6.67. The van der Waals surface area contributed by atoms with E-state index in [0.29, 0.717) is 10.8 Å². The van der Waals surface area contributed by atoms with Gasteiger partial charge < -0.3 is 10.1 Å². The lowest BCUT2D eigenvalue weighted by Gasteiger charge is -2.21. The quantitative estimate of drug-likeness (QED) is 0.667. The van der Waals surface area contributed by atoms with Gasteiger partial charge in [-0.15, -0.1) is 11.8 Å². The van der Waals surface area contributed by atoms with Gasteiger partial charge in [0.2, 0.25) is 0 Å². The molecule has 0 bridgehead atoms. The number of esters is 1. The molecule has 19 heavy (non-hydrogen) atoms. The lowest BCUT2D eigenvalue weighted by Crippen LogP contribution is -2.35. The summed E-state index contributed by atoms with van der Waals surface area (Å²) in [5.41, 5.74) is 1.18. The molecule has 0 saturated carbocycles. The molecule has 1 rings (SSSR count). The van der Waals surface area contributed by atoms with Crippen LogP contribution in [0.2, 0.25) is 5.02 Å². The molecule has 0 spiro atoms. The molecule has 0 heterocycles. The first-order valence-electron chi connectivity index (χ1n) is 6.05. The Morgan fingerprint density at radius 3 is 2.68 bits per heavy atom. The van der Waals surface area contributed by atoms with E-state index in [1.54, 1.807) is 0 Å². The van der Waals surface area contributed by atoms with E-state index in [4.69, 9.17) is 11.6 Å². The van der Waals surface area contributed by atoms with Gasteiger partial charge in [0.1, 0.15) is 0 Å². The molecule has 0 aliphatic heterocycles. The fourth-order valence-electron chi connectivity index (χ4n) is 1.36. The van der Waals surface area contributed by atoms with Gasteiger partial charge >= 0.3 is 5.97 Å². The molecule has 1 N–H and O–H groups in total. The maximum Gasteiger partial charge on any atom is 0.315 e. The molecule has 0 aliphatic carbocycles. The number of carbonyl (C=O) groups excluding carboxylic acids is 1. The van der Waals surface area contributed by atoms with Crippen LogP contribution in [-0.4, -0.2) is 24.4 Å². The number of benzene rings is 1. The maximum absolute atomic E-state index is 11.2. The van der Waals surface area contributed by atoms with E-state index in [-0.39, 0.29) is 11.5 Å². The van der Waals surface area contributed by atoms with Gasteiger partial charge in [0.25, 0.3) is 0 Å². The minimum absolute atomic E-state index is 0.0456. The van der Waals surface area contributed by atoms with Crippen molar-refractivity contribution in [1.82, 2.24) is 5.32 Å². The van der Waals surface area contributed by atoms with Gasteiger partial charge in [0, 0.05) is 22.0 Å². The van der Waals surface area contributed by atoms with Crippen LogP contribution in [0.3, 0.4) is 0 Å². The number of rotatable bonds is 5. The summed E-state index contributed by atoms with van der Waals surface area (Å²) in [5, 5.41) is 4.10. The normalized spacial score (nSPS) is 11.4. The summed E-state index contributed by atoms with van der Waals surface area (Å²) in [7, 11) is 1.39. The monoisotopic (exact) mass is 301 g/mol. The van der Waals surface area contributed by atoms with E-state index >= 15 is 0 Å². The Morgan fingerprint density at radius 1 is 1.42 bits per heavy atom. The molecule has 106 valence electrons. The van der Waals surface area contributed by atoms with Crippen LogP contribution in [0, 0.1) is 0 Å². The van der Waals surface area contributed by atoms with Crippen molar-refractivity contribution >= 4 is 29.3 Å². The van der Waals surface area contributed by atoms with E-state index in [0.717, 1.165) is 17.0 Å². The third kappa shape index (κ3) is 6.32. The largest absolute Gasteiger partial charge is 0.468 e. The second-order valence-electron chi connectivity index (χ2n) is 5.22. The molecule has 0 amide bonds. The summed E-state index contributed by atoms with van der Waals surface area (Å²) >= 11 is 7.45. The van der Waals surface area contributed by atoms with Crippen LogP contribution in [0.15, 0.2) is 23.1 Å². The number of hydrogen-bond acceptors (Lipinski definition) is 4. The van der Waals surface area contributed by atoms with Crippen LogP contribution < -0.4 is 5.32 Å². The van der Waals surface area contributed by atoms with Crippen molar-refractivity contribution in [3.8, 4) is 0 Å². The molecular weight excluding hydrogens is 282 g/mol. The Labute approximate surface area is 124 Å². The molecule has 1 aromatic carbocycles. The van der Waals surface area contributed by atoms with Gasteiger partial charge in [-0.2, -0.15) is 0 Å². The van der Waals surface area contributed by atoms with Crippen molar-refractivity contribution in [2.45, 2.75) is 37.8 Å². The Balaban J connectivity index is 2.76. The lowest BCUT2D eigenvalue weighted by molar-refractivity contribution is -0.137. The van der Waals surface area contributed by atoms with Crippen LogP contribution in [0.25, 0.3) is 0 Å². The average molecular weight is 302 g/mol. The molecule has 3 nitrogen and oxygen atoms in total. The number of methoxy groups -OCH3 is 1. The minimum Gasteiger partial charge on any atom is -0.468 e.